The molecule has 0 amide bonds. The number of benzene rings is 1. The second kappa shape index (κ2) is 4.85. The summed E-state index contributed by atoms with van der Waals surface area (Å²) in [5, 5.41) is 0. The van der Waals surface area contributed by atoms with Crippen molar-refractivity contribution < 1.29 is 0 Å². The number of hydrogen-bond donors (Lipinski definition) is 0. The molecule has 0 fully saturated rings. The highest BCUT2D eigenvalue weighted by molar-refractivity contribution is 14.1. The third-order valence-electron chi connectivity index (χ3n) is 2.31. The van der Waals surface area contributed by atoms with Gasteiger partial charge in [0.1, 0.15) is 0 Å². The van der Waals surface area contributed by atoms with E-state index in [0.717, 1.165) is 5.92 Å². The highest BCUT2D eigenvalue weighted by Crippen LogP contribution is 2.23. The van der Waals surface area contributed by atoms with E-state index in [4.69, 9.17) is 0 Å². The minimum absolute atomic E-state index is 0.750. The molecule has 0 radical (unpaired) electrons. The first kappa shape index (κ1) is 10.0. The molecule has 66 valence electrons. The van der Waals surface area contributed by atoms with Gasteiger partial charge >= 0.3 is 0 Å². The first-order valence-corrected chi connectivity index (χ1v) is 5.61. The van der Waals surface area contributed by atoms with E-state index >= 15 is 0 Å². The van der Waals surface area contributed by atoms with E-state index in [1.54, 1.807) is 0 Å². The Hall–Kier alpha value is -0.0500. The lowest BCUT2D eigenvalue weighted by atomic mass is 9.94. The molecular weight excluding hydrogens is 259 g/mol. The standard InChI is InChI=1S/C11H15I/c1-3-9(4-2)10-6-5-7-11(12)8-10/h5-9H,3-4H2,1-2H3. The minimum Gasteiger partial charge on any atom is -0.0648 e. The fourth-order valence-electron chi connectivity index (χ4n) is 1.52. The fourth-order valence-corrected chi connectivity index (χ4v) is 2.09. The van der Waals surface area contributed by atoms with Gasteiger partial charge in [0.15, 0.2) is 0 Å². The highest BCUT2D eigenvalue weighted by Gasteiger charge is 2.05. The van der Waals surface area contributed by atoms with Crippen LogP contribution in [0.5, 0.6) is 0 Å². The molecule has 1 rings (SSSR count). The summed E-state index contributed by atoms with van der Waals surface area (Å²) >= 11 is 2.37. The van der Waals surface area contributed by atoms with Crippen molar-refractivity contribution in [2.75, 3.05) is 0 Å². The summed E-state index contributed by atoms with van der Waals surface area (Å²) < 4.78 is 1.34. The zero-order chi connectivity index (χ0) is 8.97. The van der Waals surface area contributed by atoms with Gasteiger partial charge in [-0.25, -0.2) is 0 Å². The molecule has 0 aliphatic rings. The number of halogens is 1. The second-order valence-corrected chi connectivity index (χ2v) is 4.31. The van der Waals surface area contributed by atoms with Crippen LogP contribution in [0.4, 0.5) is 0 Å². The topological polar surface area (TPSA) is 0 Å². The zero-order valence-electron chi connectivity index (χ0n) is 7.68. The maximum atomic E-state index is 2.37. The van der Waals surface area contributed by atoms with Crippen LogP contribution in [0.1, 0.15) is 38.2 Å². The van der Waals surface area contributed by atoms with E-state index in [-0.39, 0.29) is 0 Å². The van der Waals surface area contributed by atoms with E-state index in [0.29, 0.717) is 0 Å². The molecule has 0 saturated carbocycles. The summed E-state index contributed by atoms with van der Waals surface area (Å²) in [5.74, 6) is 0.750. The molecule has 0 aromatic heterocycles. The molecule has 0 spiro atoms. The predicted octanol–water partition coefficient (Wildman–Crippen LogP) is 4.19. The van der Waals surface area contributed by atoms with E-state index in [9.17, 15) is 0 Å². The molecule has 0 atom stereocenters. The second-order valence-electron chi connectivity index (χ2n) is 3.07. The van der Waals surface area contributed by atoms with Gasteiger partial charge in [0, 0.05) is 3.57 Å². The summed E-state index contributed by atoms with van der Waals surface area (Å²) in [6, 6.07) is 8.82. The van der Waals surface area contributed by atoms with Gasteiger partial charge in [-0.05, 0) is 59.0 Å². The Morgan fingerprint density at radius 3 is 2.42 bits per heavy atom. The summed E-state index contributed by atoms with van der Waals surface area (Å²) in [5.41, 5.74) is 1.49. The third-order valence-corrected chi connectivity index (χ3v) is 2.98. The van der Waals surface area contributed by atoms with Gasteiger partial charge in [-0.15, -0.1) is 0 Å². The Morgan fingerprint density at radius 1 is 1.25 bits per heavy atom. The van der Waals surface area contributed by atoms with Gasteiger partial charge in [-0.1, -0.05) is 26.0 Å². The van der Waals surface area contributed by atoms with Crippen LogP contribution in [-0.2, 0) is 0 Å². The molecule has 1 heteroatoms. The lowest BCUT2D eigenvalue weighted by molar-refractivity contribution is 0.641. The Bertz CT molecular complexity index is 239. The number of rotatable bonds is 3. The van der Waals surface area contributed by atoms with Crippen molar-refractivity contribution in [2.24, 2.45) is 0 Å². The quantitative estimate of drug-likeness (QED) is 0.725. The van der Waals surface area contributed by atoms with Crippen molar-refractivity contribution in [1.29, 1.82) is 0 Å². The molecule has 0 N–H and O–H groups in total. The van der Waals surface area contributed by atoms with Crippen LogP contribution in [0.2, 0.25) is 0 Å². The Kier molecular flexibility index (Phi) is 4.06. The number of hydrogen-bond acceptors (Lipinski definition) is 0. The Labute approximate surface area is 88.5 Å². The van der Waals surface area contributed by atoms with Crippen molar-refractivity contribution >= 4 is 22.6 Å². The normalized spacial score (nSPS) is 10.7. The SMILES string of the molecule is CCC(CC)c1cccc(I)c1. The molecule has 0 heterocycles. The first-order valence-electron chi connectivity index (χ1n) is 4.53. The average Bonchev–Trinajstić information content (AvgIpc) is 2.07. The van der Waals surface area contributed by atoms with Gasteiger partial charge in [0.25, 0.3) is 0 Å². The van der Waals surface area contributed by atoms with Gasteiger partial charge in [-0.3, -0.25) is 0 Å². The van der Waals surface area contributed by atoms with E-state index in [1.807, 2.05) is 0 Å². The van der Waals surface area contributed by atoms with E-state index < -0.39 is 0 Å². The molecule has 0 unspecified atom stereocenters. The van der Waals surface area contributed by atoms with Gasteiger partial charge in [0.2, 0.25) is 0 Å². The maximum absolute atomic E-state index is 2.37. The van der Waals surface area contributed by atoms with Crippen molar-refractivity contribution in [3.05, 3.63) is 33.4 Å². The van der Waals surface area contributed by atoms with Crippen LogP contribution in [0.15, 0.2) is 24.3 Å². The van der Waals surface area contributed by atoms with Crippen molar-refractivity contribution in [2.45, 2.75) is 32.6 Å². The average molecular weight is 274 g/mol. The first-order chi connectivity index (χ1) is 5.77. The Morgan fingerprint density at radius 2 is 1.92 bits per heavy atom. The predicted molar refractivity (Wildman–Crippen MR) is 62.5 cm³/mol. The largest absolute Gasteiger partial charge is 0.0648 e. The lowest BCUT2D eigenvalue weighted by Crippen LogP contribution is -1.94. The van der Waals surface area contributed by atoms with Gasteiger partial charge < -0.3 is 0 Å². The molecule has 1 aromatic carbocycles. The third kappa shape index (κ3) is 2.47. The van der Waals surface area contributed by atoms with Crippen LogP contribution in [-0.4, -0.2) is 0 Å². The zero-order valence-corrected chi connectivity index (χ0v) is 9.84. The minimum atomic E-state index is 0.750. The van der Waals surface area contributed by atoms with Crippen molar-refractivity contribution in [3.63, 3.8) is 0 Å². The smallest absolute Gasteiger partial charge is 0.0133 e. The molecule has 0 aliphatic carbocycles. The monoisotopic (exact) mass is 274 g/mol. The molecule has 0 bridgehead atoms. The van der Waals surface area contributed by atoms with Gasteiger partial charge in [0.05, 0.1) is 0 Å². The van der Waals surface area contributed by atoms with Crippen LogP contribution in [0, 0.1) is 3.57 Å². The molecule has 12 heavy (non-hydrogen) atoms. The summed E-state index contributed by atoms with van der Waals surface area (Å²) in [6.45, 7) is 4.52. The van der Waals surface area contributed by atoms with E-state index in [1.165, 1.54) is 22.0 Å². The van der Waals surface area contributed by atoms with Crippen LogP contribution in [0.25, 0.3) is 0 Å². The molecule has 0 aliphatic heterocycles. The van der Waals surface area contributed by atoms with Crippen LogP contribution >= 0.6 is 22.6 Å². The molecule has 0 nitrogen and oxygen atoms in total. The van der Waals surface area contributed by atoms with Crippen molar-refractivity contribution in [1.82, 2.24) is 0 Å². The summed E-state index contributed by atoms with van der Waals surface area (Å²) in [6.07, 6.45) is 2.49. The van der Waals surface area contributed by atoms with Crippen LogP contribution in [0.3, 0.4) is 0 Å². The van der Waals surface area contributed by atoms with Gasteiger partial charge in [-0.2, -0.15) is 0 Å². The summed E-state index contributed by atoms with van der Waals surface area (Å²) in [4.78, 5) is 0. The van der Waals surface area contributed by atoms with E-state index in [2.05, 4.69) is 60.7 Å². The summed E-state index contributed by atoms with van der Waals surface area (Å²) in [7, 11) is 0. The maximum Gasteiger partial charge on any atom is 0.0133 e. The highest BCUT2D eigenvalue weighted by atomic mass is 127. The fraction of sp³-hybridized carbons (Fsp3) is 0.455. The lowest BCUT2D eigenvalue weighted by Gasteiger charge is -2.12. The Balaban J connectivity index is 2.85. The van der Waals surface area contributed by atoms with Crippen LogP contribution < -0.4 is 0 Å². The van der Waals surface area contributed by atoms with Crippen molar-refractivity contribution in [3.8, 4) is 0 Å². The molecule has 1 aromatic rings. The molecule has 0 saturated heterocycles. The molecular formula is C11H15I.